The summed E-state index contributed by atoms with van der Waals surface area (Å²) in [6.07, 6.45) is 6.58. The summed E-state index contributed by atoms with van der Waals surface area (Å²) in [6, 6.07) is 0. The molecule has 4 atom stereocenters. The van der Waals surface area contributed by atoms with Crippen molar-refractivity contribution in [3.05, 3.63) is 0 Å². The third-order valence-electron chi connectivity index (χ3n) is 4.08. The average molecular weight is 196 g/mol. The highest BCUT2D eigenvalue weighted by Crippen LogP contribution is 2.49. The van der Waals surface area contributed by atoms with Crippen molar-refractivity contribution >= 4 is 5.97 Å². The molecule has 0 heterocycles. The second-order valence-corrected chi connectivity index (χ2v) is 4.81. The normalized spacial score (nSPS) is 41.0. The van der Waals surface area contributed by atoms with E-state index in [1.54, 1.807) is 0 Å². The van der Waals surface area contributed by atoms with Gasteiger partial charge in [0.15, 0.2) is 0 Å². The number of hydrogen-bond acceptors (Lipinski definition) is 2. The molecule has 0 aliphatic heterocycles. The highest BCUT2D eigenvalue weighted by Gasteiger charge is 2.46. The summed E-state index contributed by atoms with van der Waals surface area (Å²) < 4.78 is 5.42. The van der Waals surface area contributed by atoms with Crippen molar-refractivity contribution in [1.82, 2.24) is 0 Å². The van der Waals surface area contributed by atoms with E-state index < -0.39 is 0 Å². The number of rotatable bonds is 2. The summed E-state index contributed by atoms with van der Waals surface area (Å²) in [4.78, 5) is 11.0. The summed E-state index contributed by atoms with van der Waals surface area (Å²) in [5, 5.41) is 0. The Balaban J connectivity index is 2.02. The highest BCUT2D eigenvalue weighted by molar-refractivity contribution is 5.66. The maximum atomic E-state index is 11.0. The second-order valence-electron chi connectivity index (χ2n) is 4.81. The molecule has 0 saturated heterocycles. The predicted molar refractivity (Wildman–Crippen MR) is 54.8 cm³/mol. The van der Waals surface area contributed by atoms with Gasteiger partial charge in [-0.25, -0.2) is 0 Å². The van der Waals surface area contributed by atoms with Crippen molar-refractivity contribution in [2.24, 2.45) is 17.8 Å². The molecule has 0 bridgehead atoms. The summed E-state index contributed by atoms with van der Waals surface area (Å²) in [7, 11) is 0. The first kappa shape index (κ1) is 10.0. The molecule has 2 heteroatoms. The predicted octanol–water partition coefficient (Wildman–Crippen LogP) is 2.76. The molecule has 0 aromatic carbocycles. The quantitative estimate of drug-likeness (QED) is 0.635. The SMILES string of the molecule is CCC1CC(OC(C)=O)C2CCCC12. The van der Waals surface area contributed by atoms with Crippen LogP contribution in [0.15, 0.2) is 0 Å². The maximum absolute atomic E-state index is 11.0. The fraction of sp³-hybridized carbons (Fsp3) is 0.917. The van der Waals surface area contributed by atoms with Crippen LogP contribution in [0, 0.1) is 17.8 Å². The van der Waals surface area contributed by atoms with Crippen LogP contribution in [0.5, 0.6) is 0 Å². The lowest BCUT2D eigenvalue weighted by atomic mass is 9.90. The first-order chi connectivity index (χ1) is 6.72. The average Bonchev–Trinajstić information content (AvgIpc) is 2.67. The lowest BCUT2D eigenvalue weighted by molar-refractivity contribution is -0.148. The smallest absolute Gasteiger partial charge is 0.302 e. The number of carbonyl (C=O) groups excluding carboxylic acids is 1. The molecule has 14 heavy (non-hydrogen) atoms. The molecule has 2 rings (SSSR count). The molecular weight excluding hydrogens is 176 g/mol. The number of hydrogen-bond donors (Lipinski definition) is 0. The minimum Gasteiger partial charge on any atom is -0.462 e. The topological polar surface area (TPSA) is 26.3 Å². The van der Waals surface area contributed by atoms with E-state index >= 15 is 0 Å². The molecule has 2 fully saturated rings. The molecule has 0 aromatic rings. The molecule has 0 spiro atoms. The highest BCUT2D eigenvalue weighted by atomic mass is 16.5. The third kappa shape index (κ3) is 1.67. The number of esters is 1. The van der Waals surface area contributed by atoms with Gasteiger partial charge in [-0.2, -0.15) is 0 Å². The Morgan fingerprint density at radius 2 is 2.07 bits per heavy atom. The largest absolute Gasteiger partial charge is 0.462 e. The van der Waals surface area contributed by atoms with Gasteiger partial charge >= 0.3 is 5.97 Å². The maximum Gasteiger partial charge on any atom is 0.302 e. The second kappa shape index (κ2) is 3.92. The van der Waals surface area contributed by atoms with Crippen LogP contribution >= 0.6 is 0 Å². The molecule has 80 valence electrons. The van der Waals surface area contributed by atoms with Gasteiger partial charge in [0.1, 0.15) is 6.10 Å². The van der Waals surface area contributed by atoms with E-state index in [2.05, 4.69) is 6.92 Å². The van der Waals surface area contributed by atoms with Gasteiger partial charge < -0.3 is 4.74 Å². The Morgan fingerprint density at radius 1 is 1.36 bits per heavy atom. The van der Waals surface area contributed by atoms with Crippen LogP contribution in [0.1, 0.15) is 46.0 Å². The van der Waals surface area contributed by atoms with Crippen molar-refractivity contribution in [3.63, 3.8) is 0 Å². The Bertz CT molecular complexity index is 224. The van der Waals surface area contributed by atoms with E-state index in [9.17, 15) is 4.79 Å². The molecule has 2 nitrogen and oxygen atoms in total. The molecule has 0 amide bonds. The number of ether oxygens (including phenoxy) is 1. The van der Waals surface area contributed by atoms with Crippen LogP contribution in [-0.4, -0.2) is 12.1 Å². The van der Waals surface area contributed by atoms with Crippen LogP contribution in [-0.2, 0) is 9.53 Å². The van der Waals surface area contributed by atoms with Gasteiger partial charge in [0.05, 0.1) is 0 Å². The van der Waals surface area contributed by atoms with Gasteiger partial charge in [-0.15, -0.1) is 0 Å². The summed E-state index contributed by atoms with van der Waals surface area (Å²) in [5.41, 5.74) is 0. The lowest BCUT2D eigenvalue weighted by Crippen LogP contribution is -2.21. The van der Waals surface area contributed by atoms with E-state index in [-0.39, 0.29) is 12.1 Å². The van der Waals surface area contributed by atoms with Crippen molar-refractivity contribution < 1.29 is 9.53 Å². The first-order valence-electron chi connectivity index (χ1n) is 5.89. The van der Waals surface area contributed by atoms with Crippen LogP contribution in [0.3, 0.4) is 0 Å². The fourth-order valence-electron chi connectivity index (χ4n) is 3.53. The Kier molecular flexibility index (Phi) is 2.80. The van der Waals surface area contributed by atoms with Gasteiger partial charge in [-0.3, -0.25) is 4.79 Å². The van der Waals surface area contributed by atoms with E-state index in [4.69, 9.17) is 4.74 Å². The van der Waals surface area contributed by atoms with Crippen molar-refractivity contribution in [2.75, 3.05) is 0 Å². The minimum atomic E-state index is -0.0996. The van der Waals surface area contributed by atoms with E-state index in [1.807, 2.05) is 0 Å². The third-order valence-corrected chi connectivity index (χ3v) is 4.08. The zero-order chi connectivity index (χ0) is 10.1. The molecule has 0 radical (unpaired) electrons. The van der Waals surface area contributed by atoms with Gasteiger partial charge in [-0.05, 0) is 37.0 Å². The summed E-state index contributed by atoms with van der Waals surface area (Å²) >= 11 is 0. The Hall–Kier alpha value is -0.530. The monoisotopic (exact) mass is 196 g/mol. The Morgan fingerprint density at radius 3 is 2.71 bits per heavy atom. The summed E-state index contributed by atoms with van der Waals surface area (Å²) in [5.74, 6) is 2.25. The number of fused-ring (bicyclic) bond motifs is 1. The van der Waals surface area contributed by atoms with Crippen molar-refractivity contribution in [3.8, 4) is 0 Å². The van der Waals surface area contributed by atoms with Gasteiger partial charge in [0.25, 0.3) is 0 Å². The van der Waals surface area contributed by atoms with Gasteiger partial charge in [0.2, 0.25) is 0 Å². The molecule has 0 N–H and O–H groups in total. The van der Waals surface area contributed by atoms with E-state index in [0.29, 0.717) is 5.92 Å². The molecular formula is C12H20O2. The molecule has 2 aliphatic rings. The lowest BCUT2D eigenvalue weighted by Gasteiger charge is -2.18. The van der Waals surface area contributed by atoms with Gasteiger partial charge in [0, 0.05) is 6.92 Å². The Labute approximate surface area is 86.0 Å². The molecule has 4 unspecified atom stereocenters. The zero-order valence-electron chi connectivity index (χ0n) is 9.16. The summed E-state index contributed by atoms with van der Waals surface area (Å²) in [6.45, 7) is 3.79. The van der Waals surface area contributed by atoms with Crippen LogP contribution in [0.4, 0.5) is 0 Å². The number of carbonyl (C=O) groups is 1. The molecule has 2 aliphatic carbocycles. The van der Waals surface area contributed by atoms with Gasteiger partial charge in [-0.1, -0.05) is 19.8 Å². The van der Waals surface area contributed by atoms with E-state index in [0.717, 1.165) is 18.3 Å². The standard InChI is InChI=1S/C12H20O2/c1-3-9-7-12(14-8(2)13)11-6-4-5-10(9)11/h9-12H,3-7H2,1-2H3. The van der Waals surface area contributed by atoms with Crippen LogP contribution in [0.2, 0.25) is 0 Å². The van der Waals surface area contributed by atoms with Crippen LogP contribution in [0.25, 0.3) is 0 Å². The minimum absolute atomic E-state index is 0.0996. The van der Waals surface area contributed by atoms with Crippen LogP contribution < -0.4 is 0 Å². The fourth-order valence-corrected chi connectivity index (χ4v) is 3.53. The first-order valence-corrected chi connectivity index (χ1v) is 5.89. The zero-order valence-corrected chi connectivity index (χ0v) is 9.16. The molecule has 2 saturated carbocycles. The molecule has 0 aromatic heterocycles. The van der Waals surface area contributed by atoms with Crippen molar-refractivity contribution in [2.45, 2.75) is 52.1 Å². The van der Waals surface area contributed by atoms with Crippen molar-refractivity contribution in [1.29, 1.82) is 0 Å². The van der Waals surface area contributed by atoms with E-state index in [1.165, 1.54) is 32.6 Å².